The van der Waals surface area contributed by atoms with Gasteiger partial charge in [-0.3, -0.25) is 19.1 Å². The van der Waals surface area contributed by atoms with E-state index in [1.54, 1.807) is 36.1 Å². The first-order chi connectivity index (χ1) is 16.6. The van der Waals surface area contributed by atoms with E-state index in [0.29, 0.717) is 50.4 Å². The van der Waals surface area contributed by atoms with Crippen LogP contribution in [0.4, 0.5) is 4.39 Å². The molecule has 2 aliphatic rings. The molecule has 0 radical (unpaired) electrons. The first kappa shape index (κ1) is 25.1. The zero-order valence-corrected chi connectivity index (χ0v) is 19.7. The van der Waals surface area contributed by atoms with Crippen molar-refractivity contribution < 1.29 is 23.8 Å². The van der Waals surface area contributed by atoms with Gasteiger partial charge >= 0.3 is 5.69 Å². The van der Waals surface area contributed by atoms with Gasteiger partial charge < -0.3 is 25.2 Å². The summed E-state index contributed by atoms with van der Waals surface area (Å²) in [4.78, 5) is 40.3. The SMILES string of the molecule is C[C@]1(O)CC2(CCN(C(=O)c3cccc(OCCCN)c3)CC2)OC[C@@H]1n1cc(F)c(=O)[nH]c1=O. The molecule has 2 aromatic rings. The molecule has 0 saturated carbocycles. The number of amides is 1. The molecular formula is C24H31FN4O6. The number of carbonyl (C=O) groups is 1. The predicted octanol–water partition coefficient (Wildman–Crippen LogP) is 0.791. The number of piperidine rings is 1. The Bertz CT molecular complexity index is 1190. The van der Waals surface area contributed by atoms with Gasteiger partial charge in [0.2, 0.25) is 5.82 Å². The van der Waals surface area contributed by atoms with Crippen LogP contribution in [0.25, 0.3) is 0 Å². The first-order valence-electron chi connectivity index (χ1n) is 11.7. The number of ether oxygens (including phenoxy) is 2. The van der Waals surface area contributed by atoms with Crippen molar-refractivity contribution in [2.24, 2.45) is 5.73 Å². The van der Waals surface area contributed by atoms with E-state index in [1.807, 2.05) is 4.98 Å². The predicted molar refractivity (Wildman–Crippen MR) is 125 cm³/mol. The van der Waals surface area contributed by atoms with E-state index in [0.717, 1.165) is 17.2 Å². The van der Waals surface area contributed by atoms with Gasteiger partial charge in [0, 0.05) is 25.1 Å². The van der Waals surface area contributed by atoms with E-state index >= 15 is 0 Å². The molecule has 1 aromatic carbocycles. The lowest BCUT2D eigenvalue weighted by molar-refractivity contribution is -0.195. The molecular weight excluding hydrogens is 459 g/mol. The third kappa shape index (κ3) is 5.31. The zero-order chi connectivity index (χ0) is 25.2. The van der Waals surface area contributed by atoms with Crippen LogP contribution in [0.5, 0.6) is 5.75 Å². The molecule has 0 unspecified atom stereocenters. The molecule has 2 saturated heterocycles. The van der Waals surface area contributed by atoms with Gasteiger partial charge in [-0.25, -0.2) is 4.79 Å². The molecule has 4 rings (SSSR count). The van der Waals surface area contributed by atoms with Gasteiger partial charge in [0.15, 0.2) is 0 Å². The number of nitrogens with one attached hydrogen (secondary N) is 1. The Hall–Kier alpha value is -3.02. The average molecular weight is 491 g/mol. The minimum absolute atomic E-state index is 0.0332. The normalized spacial score (nSPS) is 23.9. The number of benzene rings is 1. The molecule has 2 atom stereocenters. The summed E-state index contributed by atoms with van der Waals surface area (Å²) >= 11 is 0. The Kier molecular flexibility index (Phi) is 7.11. The van der Waals surface area contributed by atoms with Crippen molar-refractivity contribution in [1.29, 1.82) is 0 Å². The number of hydrogen-bond donors (Lipinski definition) is 3. The molecule has 0 bridgehead atoms. The number of nitrogens with zero attached hydrogens (tertiary/aromatic N) is 2. The zero-order valence-electron chi connectivity index (χ0n) is 19.7. The maximum absolute atomic E-state index is 13.8. The van der Waals surface area contributed by atoms with Crippen molar-refractivity contribution in [2.75, 3.05) is 32.8 Å². The summed E-state index contributed by atoms with van der Waals surface area (Å²) in [5.74, 6) is -0.606. The molecule has 35 heavy (non-hydrogen) atoms. The van der Waals surface area contributed by atoms with Crippen LogP contribution in [0.3, 0.4) is 0 Å². The quantitative estimate of drug-likeness (QED) is 0.509. The number of nitrogens with two attached hydrogens (primary N) is 1. The van der Waals surface area contributed by atoms with Crippen molar-refractivity contribution in [2.45, 2.75) is 49.9 Å². The number of carbonyl (C=O) groups excluding carboxylic acids is 1. The van der Waals surface area contributed by atoms with E-state index in [2.05, 4.69) is 0 Å². The lowest BCUT2D eigenvalue weighted by atomic mass is 9.75. The minimum Gasteiger partial charge on any atom is -0.494 e. The van der Waals surface area contributed by atoms with Gasteiger partial charge in [-0.05, 0) is 50.9 Å². The number of H-pyrrole nitrogens is 1. The number of aromatic nitrogens is 2. The van der Waals surface area contributed by atoms with Crippen molar-refractivity contribution in [3.8, 4) is 5.75 Å². The molecule has 10 nitrogen and oxygen atoms in total. The van der Waals surface area contributed by atoms with Gasteiger partial charge in [-0.15, -0.1) is 0 Å². The fraction of sp³-hybridized carbons (Fsp3) is 0.542. The monoisotopic (exact) mass is 490 g/mol. The molecule has 11 heteroatoms. The maximum Gasteiger partial charge on any atom is 0.328 e. The van der Waals surface area contributed by atoms with Crippen LogP contribution in [-0.2, 0) is 4.74 Å². The third-order valence-corrected chi connectivity index (χ3v) is 6.87. The summed E-state index contributed by atoms with van der Waals surface area (Å²) < 4.78 is 26.6. The highest BCUT2D eigenvalue weighted by Crippen LogP contribution is 2.43. The second-order valence-electron chi connectivity index (χ2n) is 9.50. The fourth-order valence-corrected chi connectivity index (χ4v) is 4.94. The molecule has 0 aliphatic carbocycles. The summed E-state index contributed by atoms with van der Waals surface area (Å²) in [5, 5.41) is 11.2. The van der Waals surface area contributed by atoms with E-state index in [-0.39, 0.29) is 18.9 Å². The van der Waals surface area contributed by atoms with Gasteiger partial charge in [0.25, 0.3) is 11.5 Å². The molecule has 190 valence electrons. The van der Waals surface area contributed by atoms with E-state index in [1.165, 1.54) is 0 Å². The number of likely N-dealkylation sites (tertiary alicyclic amines) is 1. The number of hydrogen-bond acceptors (Lipinski definition) is 7. The second kappa shape index (κ2) is 9.92. The number of aromatic amines is 1. The summed E-state index contributed by atoms with van der Waals surface area (Å²) in [6.07, 6.45) is 2.73. The van der Waals surface area contributed by atoms with Crippen LogP contribution in [0.2, 0.25) is 0 Å². The van der Waals surface area contributed by atoms with Crippen LogP contribution in [0.1, 0.15) is 49.0 Å². The largest absolute Gasteiger partial charge is 0.494 e. The van der Waals surface area contributed by atoms with Gasteiger partial charge in [0.05, 0.1) is 36.7 Å². The maximum atomic E-state index is 13.8. The molecule has 1 amide bonds. The Balaban J connectivity index is 1.41. The van der Waals surface area contributed by atoms with Crippen molar-refractivity contribution in [3.05, 3.63) is 62.7 Å². The van der Waals surface area contributed by atoms with Gasteiger partial charge in [0.1, 0.15) is 5.75 Å². The number of aliphatic hydroxyl groups is 1. The minimum atomic E-state index is -1.39. The highest BCUT2D eigenvalue weighted by molar-refractivity contribution is 5.94. The summed E-state index contributed by atoms with van der Waals surface area (Å²) in [6.45, 7) is 3.43. The Morgan fingerprint density at radius 2 is 2.09 bits per heavy atom. The number of halogens is 1. The fourth-order valence-electron chi connectivity index (χ4n) is 4.94. The van der Waals surface area contributed by atoms with Crippen LogP contribution in [-0.4, -0.2) is 69.5 Å². The second-order valence-corrected chi connectivity index (χ2v) is 9.50. The Labute approximate surface area is 201 Å². The summed E-state index contributed by atoms with van der Waals surface area (Å²) in [5.41, 5.74) is 2.04. The molecule has 1 spiro atoms. The third-order valence-electron chi connectivity index (χ3n) is 6.87. The van der Waals surface area contributed by atoms with Crippen LogP contribution in [0, 0.1) is 5.82 Å². The van der Waals surface area contributed by atoms with Crippen LogP contribution < -0.4 is 21.7 Å². The molecule has 3 heterocycles. The Morgan fingerprint density at radius 3 is 2.77 bits per heavy atom. The van der Waals surface area contributed by atoms with E-state index < -0.39 is 34.3 Å². The van der Waals surface area contributed by atoms with Gasteiger partial charge in [-0.1, -0.05) is 6.07 Å². The molecule has 1 aromatic heterocycles. The molecule has 4 N–H and O–H groups in total. The number of rotatable bonds is 6. The Morgan fingerprint density at radius 1 is 1.34 bits per heavy atom. The summed E-state index contributed by atoms with van der Waals surface area (Å²) in [6, 6.07) is 6.17. The molecule has 2 aliphatic heterocycles. The molecule has 2 fully saturated rings. The van der Waals surface area contributed by atoms with Crippen LogP contribution in [0.15, 0.2) is 40.1 Å². The van der Waals surface area contributed by atoms with Crippen LogP contribution >= 0.6 is 0 Å². The first-order valence-corrected chi connectivity index (χ1v) is 11.7. The van der Waals surface area contributed by atoms with E-state index in [4.69, 9.17) is 15.2 Å². The van der Waals surface area contributed by atoms with Crippen molar-refractivity contribution >= 4 is 5.91 Å². The standard InChI is InChI=1S/C24H31FN4O6/c1-23(33)15-24(35-14-19(23)29-13-18(25)20(30)27-22(29)32)6-9-28(10-7-24)21(31)16-4-2-5-17(12-16)34-11-3-8-26/h2,4-5,12-13,19,33H,3,6-11,14-15,26H2,1H3,(H,27,30,32)/t19-,23-/m0/s1. The van der Waals surface area contributed by atoms with Crippen molar-refractivity contribution in [1.82, 2.24) is 14.5 Å². The topological polar surface area (TPSA) is 140 Å². The van der Waals surface area contributed by atoms with Gasteiger partial charge in [-0.2, -0.15) is 4.39 Å². The smallest absolute Gasteiger partial charge is 0.328 e. The lowest BCUT2D eigenvalue weighted by Gasteiger charge is -2.51. The lowest BCUT2D eigenvalue weighted by Crippen LogP contribution is -2.59. The average Bonchev–Trinajstić information content (AvgIpc) is 2.82. The van der Waals surface area contributed by atoms with E-state index in [9.17, 15) is 23.9 Å². The summed E-state index contributed by atoms with van der Waals surface area (Å²) in [7, 11) is 0. The highest BCUT2D eigenvalue weighted by Gasteiger charge is 2.50. The van der Waals surface area contributed by atoms with Crippen molar-refractivity contribution in [3.63, 3.8) is 0 Å². The highest BCUT2D eigenvalue weighted by atomic mass is 19.1.